The third kappa shape index (κ3) is 4.52. The first-order chi connectivity index (χ1) is 13.7. The zero-order chi connectivity index (χ0) is 20.8. The average Bonchev–Trinajstić information content (AvgIpc) is 2.66. The summed E-state index contributed by atoms with van der Waals surface area (Å²) in [5, 5.41) is 2.89. The van der Waals surface area contributed by atoms with Crippen molar-refractivity contribution in [3.8, 4) is 0 Å². The standard InChI is InChI=1S/C20H19BrCl3N3O2/c21-15-6-4-13(5-7-15)18(29)25-19(20(22,23)24)26-9-12-8-14(11-26)16-2-1-3-17(28)27(16)10-12/h1-7,12,14,19H,8-11H2,(H,25,29)/t12-,14-,19?/m0/s1. The van der Waals surface area contributed by atoms with Gasteiger partial charge in [0.2, 0.25) is 3.79 Å². The number of carbonyl (C=O) groups excluding carboxylic acids is 1. The Labute approximate surface area is 192 Å². The number of piperidine rings is 1. The van der Waals surface area contributed by atoms with Gasteiger partial charge in [0.15, 0.2) is 0 Å². The first-order valence-corrected chi connectivity index (χ1v) is 11.2. The van der Waals surface area contributed by atoms with Crippen molar-refractivity contribution in [3.63, 3.8) is 0 Å². The maximum atomic E-state index is 12.8. The second-order valence-corrected chi connectivity index (χ2v) is 10.9. The van der Waals surface area contributed by atoms with Crippen LogP contribution in [0.1, 0.15) is 28.4 Å². The molecule has 0 saturated carbocycles. The molecule has 0 radical (unpaired) electrons. The number of hydrogen-bond donors (Lipinski definition) is 1. The number of aromatic nitrogens is 1. The minimum atomic E-state index is -1.70. The average molecular weight is 520 g/mol. The summed E-state index contributed by atoms with van der Waals surface area (Å²) in [5.41, 5.74) is 1.51. The fourth-order valence-electron chi connectivity index (χ4n) is 4.33. The Hall–Kier alpha value is -1.05. The predicted molar refractivity (Wildman–Crippen MR) is 119 cm³/mol. The SMILES string of the molecule is O=C(NC(N1C[C@@H]2C[C@@H](C1)c1cccc(=O)n1C2)C(Cl)(Cl)Cl)c1ccc(Br)cc1. The molecule has 4 rings (SSSR count). The molecule has 1 aromatic heterocycles. The van der Waals surface area contributed by atoms with E-state index < -0.39 is 9.96 Å². The lowest BCUT2D eigenvalue weighted by Crippen LogP contribution is -2.60. The van der Waals surface area contributed by atoms with E-state index in [-0.39, 0.29) is 23.3 Å². The van der Waals surface area contributed by atoms with Crippen molar-refractivity contribution in [1.29, 1.82) is 0 Å². The van der Waals surface area contributed by atoms with E-state index in [0.717, 1.165) is 16.6 Å². The van der Waals surface area contributed by atoms with Gasteiger partial charge in [0.1, 0.15) is 6.17 Å². The van der Waals surface area contributed by atoms with E-state index in [1.807, 2.05) is 15.5 Å². The Morgan fingerprint density at radius 3 is 2.52 bits per heavy atom. The van der Waals surface area contributed by atoms with Crippen molar-refractivity contribution >= 4 is 56.6 Å². The summed E-state index contributed by atoms with van der Waals surface area (Å²) < 4.78 is 1.03. The van der Waals surface area contributed by atoms with E-state index in [0.29, 0.717) is 25.2 Å². The number of alkyl halides is 3. The van der Waals surface area contributed by atoms with Crippen molar-refractivity contribution in [1.82, 2.24) is 14.8 Å². The smallest absolute Gasteiger partial charge is 0.252 e. The van der Waals surface area contributed by atoms with Crippen LogP contribution in [0.4, 0.5) is 0 Å². The maximum absolute atomic E-state index is 12.8. The number of hydrogen-bond acceptors (Lipinski definition) is 3. The number of rotatable bonds is 3. The van der Waals surface area contributed by atoms with Crippen molar-refractivity contribution in [2.45, 2.75) is 28.8 Å². The third-order valence-electron chi connectivity index (χ3n) is 5.56. The highest BCUT2D eigenvalue weighted by molar-refractivity contribution is 9.10. The molecular weight excluding hydrogens is 501 g/mol. The lowest BCUT2D eigenvalue weighted by molar-refractivity contribution is 0.0586. The van der Waals surface area contributed by atoms with Gasteiger partial charge < -0.3 is 9.88 Å². The summed E-state index contributed by atoms with van der Waals surface area (Å²) in [6.07, 6.45) is 0.198. The molecule has 1 fully saturated rings. The number of nitrogens with zero attached hydrogens (tertiary/aromatic N) is 2. The summed E-state index contributed by atoms with van der Waals surface area (Å²) in [4.78, 5) is 27.0. The van der Waals surface area contributed by atoms with Crippen molar-refractivity contribution < 1.29 is 4.79 Å². The topological polar surface area (TPSA) is 54.3 Å². The number of amides is 1. The van der Waals surface area contributed by atoms with E-state index in [9.17, 15) is 9.59 Å². The van der Waals surface area contributed by atoms with Gasteiger partial charge in [-0.2, -0.15) is 0 Å². The zero-order valence-electron chi connectivity index (χ0n) is 15.3. The Kier molecular flexibility index (Phi) is 6.02. The largest absolute Gasteiger partial charge is 0.332 e. The Bertz CT molecular complexity index is 974. The Morgan fingerprint density at radius 1 is 1.10 bits per heavy atom. The third-order valence-corrected chi connectivity index (χ3v) is 6.71. The van der Waals surface area contributed by atoms with Crippen LogP contribution in [0.2, 0.25) is 0 Å². The van der Waals surface area contributed by atoms with Crippen LogP contribution in [0.3, 0.4) is 0 Å². The van der Waals surface area contributed by atoms with Crippen LogP contribution in [0.5, 0.6) is 0 Å². The molecule has 2 aromatic rings. The van der Waals surface area contributed by atoms with Crippen LogP contribution in [0.15, 0.2) is 51.7 Å². The van der Waals surface area contributed by atoms with E-state index in [4.69, 9.17) is 34.8 Å². The predicted octanol–water partition coefficient (Wildman–Crippen LogP) is 4.16. The second kappa shape index (κ2) is 8.23. The number of halogens is 4. The minimum Gasteiger partial charge on any atom is -0.332 e. The zero-order valence-corrected chi connectivity index (χ0v) is 19.2. The molecular formula is C20H19BrCl3N3O2. The molecule has 2 aliphatic rings. The van der Waals surface area contributed by atoms with E-state index in [1.54, 1.807) is 36.4 Å². The summed E-state index contributed by atoms with van der Waals surface area (Å²) in [7, 11) is 0. The van der Waals surface area contributed by atoms with Crippen LogP contribution in [-0.4, -0.2) is 38.4 Å². The molecule has 9 heteroatoms. The molecule has 3 heterocycles. The first-order valence-electron chi connectivity index (χ1n) is 9.29. The molecule has 1 N–H and O–H groups in total. The van der Waals surface area contributed by atoms with Gasteiger partial charge in [-0.15, -0.1) is 0 Å². The minimum absolute atomic E-state index is 0.0205. The quantitative estimate of drug-likeness (QED) is 0.620. The van der Waals surface area contributed by atoms with Gasteiger partial charge in [-0.1, -0.05) is 56.8 Å². The molecule has 3 atom stereocenters. The molecule has 0 aliphatic carbocycles. The summed E-state index contributed by atoms with van der Waals surface area (Å²) in [6.45, 7) is 1.87. The summed E-state index contributed by atoms with van der Waals surface area (Å²) in [5.74, 6) is 0.0952. The van der Waals surface area contributed by atoms with Crippen LogP contribution < -0.4 is 10.9 Å². The van der Waals surface area contributed by atoms with Gasteiger partial charge in [-0.3, -0.25) is 14.5 Å². The van der Waals surface area contributed by atoms with Gasteiger partial charge >= 0.3 is 0 Å². The van der Waals surface area contributed by atoms with Gasteiger partial charge in [0, 0.05) is 47.3 Å². The summed E-state index contributed by atoms with van der Waals surface area (Å²) >= 11 is 22.2. The van der Waals surface area contributed by atoms with Crippen molar-refractivity contribution in [2.24, 2.45) is 5.92 Å². The molecule has 154 valence electrons. The van der Waals surface area contributed by atoms with E-state index in [1.165, 1.54) is 0 Å². The van der Waals surface area contributed by atoms with Gasteiger partial charge in [-0.05, 0) is 42.7 Å². The maximum Gasteiger partial charge on any atom is 0.252 e. The van der Waals surface area contributed by atoms with Crippen LogP contribution >= 0.6 is 50.7 Å². The van der Waals surface area contributed by atoms with Crippen molar-refractivity contribution in [2.75, 3.05) is 13.1 Å². The monoisotopic (exact) mass is 517 g/mol. The fraction of sp³-hybridized carbons (Fsp3) is 0.400. The molecule has 2 aliphatic heterocycles. The highest BCUT2D eigenvalue weighted by atomic mass is 79.9. The highest BCUT2D eigenvalue weighted by Crippen LogP contribution is 2.40. The number of nitrogens with one attached hydrogen (secondary N) is 1. The number of fused-ring (bicyclic) bond motifs is 4. The lowest BCUT2D eigenvalue weighted by Gasteiger charge is -2.47. The molecule has 29 heavy (non-hydrogen) atoms. The van der Waals surface area contributed by atoms with E-state index >= 15 is 0 Å². The lowest BCUT2D eigenvalue weighted by atomic mass is 9.83. The van der Waals surface area contributed by atoms with Crippen LogP contribution in [0.25, 0.3) is 0 Å². The normalized spacial score (nSPS) is 22.6. The fourth-order valence-corrected chi connectivity index (χ4v) is 5.18. The number of pyridine rings is 1. The molecule has 2 bridgehead atoms. The van der Waals surface area contributed by atoms with Crippen LogP contribution in [-0.2, 0) is 6.54 Å². The first kappa shape index (κ1) is 21.2. The van der Waals surface area contributed by atoms with E-state index in [2.05, 4.69) is 21.2 Å². The molecule has 5 nitrogen and oxygen atoms in total. The van der Waals surface area contributed by atoms with Gasteiger partial charge in [0.25, 0.3) is 11.5 Å². The number of carbonyl (C=O) groups is 1. The Balaban J connectivity index is 1.58. The number of benzene rings is 1. The molecule has 1 aromatic carbocycles. The van der Waals surface area contributed by atoms with Crippen LogP contribution in [0, 0.1) is 5.92 Å². The Morgan fingerprint density at radius 2 is 1.83 bits per heavy atom. The number of likely N-dealkylation sites (tertiary alicyclic amines) is 1. The molecule has 1 amide bonds. The highest BCUT2D eigenvalue weighted by Gasteiger charge is 2.44. The molecule has 1 saturated heterocycles. The molecule has 1 unspecified atom stereocenters. The second-order valence-electron chi connectivity index (χ2n) is 7.58. The van der Waals surface area contributed by atoms with Gasteiger partial charge in [-0.25, -0.2) is 0 Å². The molecule has 0 spiro atoms. The summed E-state index contributed by atoms with van der Waals surface area (Å²) in [6, 6.07) is 12.4. The van der Waals surface area contributed by atoms with Gasteiger partial charge in [0.05, 0.1) is 0 Å². The van der Waals surface area contributed by atoms with Crippen molar-refractivity contribution in [3.05, 3.63) is 68.5 Å².